The molecule has 0 atom stereocenters. The van der Waals surface area contributed by atoms with Gasteiger partial charge in [0.1, 0.15) is 17.8 Å². The zero-order valence-corrected chi connectivity index (χ0v) is 17.6. The Morgan fingerprint density at radius 1 is 0.967 bits per heavy atom. The molecular weight excluding hydrogens is 410 g/mol. The first-order valence-electron chi connectivity index (χ1n) is 8.86. The second kappa shape index (κ2) is 8.83. The normalized spacial score (nSPS) is 10.4. The van der Waals surface area contributed by atoms with Gasteiger partial charge in [-0.2, -0.15) is 0 Å². The Kier molecular flexibility index (Phi) is 6.22. The number of aromatic nitrogens is 2. The van der Waals surface area contributed by atoms with Crippen molar-refractivity contribution in [3.8, 4) is 11.5 Å². The molecule has 9 nitrogen and oxygen atoms in total. The monoisotopic (exact) mass is 429 g/mol. The van der Waals surface area contributed by atoms with Crippen LogP contribution in [0.2, 0.25) is 5.02 Å². The maximum absolute atomic E-state index is 11.9. The molecule has 0 radical (unpaired) electrons. The Hall–Kier alpha value is -3.59. The molecule has 1 aromatic heterocycles. The molecule has 0 spiro atoms. The van der Waals surface area contributed by atoms with Crippen molar-refractivity contribution in [2.45, 2.75) is 13.8 Å². The van der Waals surface area contributed by atoms with E-state index in [1.165, 1.54) is 20.5 Å². The molecule has 0 aliphatic carbocycles. The van der Waals surface area contributed by atoms with Crippen LogP contribution in [0.25, 0.3) is 0 Å². The summed E-state index contributed by atoms with van der Waals surface area (Å²) in [4.78, 5) is 19.4. The molecule has 156 valence electrons. The lowest BCUT2D eigenvalue weighted by atomic mass is 10.1. The number of ether oxygens (including phenoxy) is 2. The van der Waals surface area contributed by atoms with Gasteiger partial charge in [-0.3, -0.25) is 10.1 Å². The van der Waals surface area contributed by atoms with Crippen molar-refractivity contribution in [3.63, 3.8) is 0 Å². The smallest absolute Gasteiger partial charge is 0.353 e. The predicted octanol–water partition coefficient (Wildman–Crippen LogP) is 5.16. The zero-order chi connectivity index (χ0) is 21.8. The molecule has 0 unspecified atom stereocenters. The Balaban J connectivity index is 2.05. The Bertz CT molecular complexity index is 1110. The van der Waals surface area contributed by atoms with Crippen LogP contribution in [0.3, 0.4) is 0 Å². The fourth-order valence-corrected chi connectivity index (χ4v) is 3.06. The van der Waals surface area contributed by atoms with E-state index in [1.807, 2.05) is 32.0 Å². The number of methoxy groups -OCH3 is 2. The number of nitrogens with zero attached hydrogens (tertiary/aromatic N) is 3. The van der Waals surface area contributed by atoms with Gasteiger partial charge in [0, 0.05) is 11.8 Å². The lowest BCUT2D eigenvalue weighted by Crippen LogP contribution is -2.07. The first-order chi connectivity index (χ1) is 14.3. The van der Waals surface area contributed by atoms with Crippen molar-refractivity contribution in [1.82, 2.24) is 9.97 Å². The van der Waals surface area contributed by atoms with Crippen molar-refractivity contribution in [1.29, 1.82) is 0 Å². The van der Waals surface area contributed by atoms with E-state index in [0.29, 0.717) is 27.9 Å². The number of hydrogen-bond acceptors (Lipinski definition) is 8. The van der Waals surface area contributed by atoms with E-state index in [0.717, 1.165) is 11.1 Å². The molecule has 0 aliphatic heterocycles. The molecule has 2 aromatic carbocycles. The van der Waals surface area contributed by atoms with Crippen LogP contribution in [-0.4, -0.2) is 29.1 Å². The minimum atomic E-state index is -0.548. The summed E-state index contributed by atoms with van der Waals surface area (Å²) in [7, 11) is 2.95. The van der Waals surface area contributed by atoms with Gasteiger partial charge >= 0.3 is 5.69 Å². The molecule has 2 N–H and O–H groups in total. The minimum Gasteiger partial charge on any atom is -0.495 e. The van der Waals surface area contributed by atoms with Crippen LogP contribution in [0.4, 0.5) is 28.7 Å². The molecule has 3 rings (SSSR count). The first-order valence-corrected chi connectivity index (χ1v) is 9.24. The number of anilines is 4. The predicted molar refractivity (Wildman–Crippen MR) is 116 cm³/mol. The molecule has 3 aromatic rings. The minimum absolute atomic E-state index is 0.0117. The van der Waals surface area contributed by atoms with E-state index in [4.69, 9.17) is 21.1 Å². The van der Waals surface area contributed by atoms with Crippen molar-refractivity contribution < 1.29 is 14.4 Å². The highest BCUT2D eigenvalue weighted by Crippen LogP contribution is 2.40. The Morgan fingerprint density at radius 2 is 1.60 bits per heavy atom. The number of aryl methyl sites for hydroxylation is 2. The van der Waals surface area contributed by atoms with Gasteiger partial charge in [-0.15, -0.1) is 0 Å². The molecule has 1 heterocycles. The molecule has 0 aliphatic rings. The van der Waals surface area contributed by atoms with E-state index in [1.54, 1.807) is 12.1 Å². The van der Waals surface area contributed by atoms with Crippen molar-refractivity contribution >= 4 is 40.3 Å². The van der Waals surface area contributed by atoms with Gasteiger partial charge in [0.25, 0.3) is 0 Å². The second-order valence-electron chi connectivity index (χ2n) is 6.43. The molecule has 0 fully saturated rings. The lowest BCUT2D eigenvalue weighted by Gasteiger charge is -2.15. The van der Waals surface area contributed by atoms with Crippen LogP contribution in [0.15, 0.2) is 36.7 Å². The van der Waals surface area contributed by atoms with E-state index in [9.17, 15) is 10.1 Å². The van der Waals surface area contributed by atoms with Crippen molar-refractivity contribution in [2.75, 3.05) is 24.9 Å². The quantitative estimate of drug-likeness (QED) is 0.391. The summed E-state index contributed by atoms with van der Waals surface area (Å²) >= 11 is 6.20. The molecule has 0 saturated heterocycles. The second-order valence-corrected chi connectivity index (χ2v) is 6.84. The third-order valence-corrected chi connectivity index (χ3v) is 4.67. The van der Waals surface area contributed by atoms with E-state index in [2.05, 4.69) is 20.6 Å². The van der Waals surface area contributed by atoms with Gasteiger partial charge in [-0.05, 0) is 37.1 Å². The number of nitro groups is 1. The van der Waals surface area contributed by atoms with Crippen LogP contribution >= 0.6 is 11.6 Å². The van der Waals surface area contributed by atoms with Gasteiger partial charge in [0.2, 0.25) is 11.6 Å². The molecule has 0 bridgehead atoms. The highest BCUT2D eigenvalue weighted by atomic mass is 35.5. The first kappa shape index (κ1) is 21.1. The summed E-state index contributed by atoms with van der Waals surface area (Å²) < 4.78 is 10.5. The van der Waals surface area contributed by atoms with E-state index >= 15 is 0 Å². The van der Waals surface area contributed by atoms with Crippen molar-refractivity contribution in [2.24, 2.45) is 0 Å². The summed E-state index contributed by atoms with van der Waals surface area (Å²) in [5.74, 6) is 0.842. The molecular formula is C20H20ClN5O4. The lowest BCUT2D eigenvalue weighted by molar-refractivity contribution is -0.383. The highest BCUT2D eigenvalue weighted by molar-refractivity contribution is 6.32. The topological polar surface area (TPSA) is 111 Å². The number of nitrogens with one attached hydrogen (secondary N) is 2. The van der Waals surface area contributed by atoms with Crippen LogP contribution in [0.1, 0.15) is 11.1 Å². The summed E-state index contributed by atoms with van der Waals surface area (Å²) in [6, 6.07) is 8.89. The van der Waals surface area contributed by atoms with Crippen LogP contribution in [-0.2, 0) is 0 Å². The Morgan fingerprint density at radius 3 is 2.20 bits per heavy atom. The summed E-state index contributed by atoms with van der Waals surface area (Å²) in [5.41, 5.74) is 2.73. The van der Waals surface area contributed by atoms with Gasteiger partial charge in [-0.1, -0.05) is 23.7 Å². The highest BCUT2D eigenvalue weighted by Gasteiger charge is 2.25. The van der Waals surface area contributed by atoms with Gasteiger partial charge in [0.05, 0.1) is 29.9 Å². The maximum atomic E-state index is 11.9. The zero-order valence-electron chi connectivity index (χ0n) is 16.8. The van der Waals surface area contributed by atoms with E-state index in [-0.39, 0.29) is 17.3 Å². The summed E-state index contributed by atoms with van der Waals surface area (Å²) in [6.07, 6.45) is 1.24. The number of halogens is 1. The fourth-order valence-electron chi connectivity index (χ4n) is 2.82. The van der Waals surface area contributed by atoms with Crippen molar-refractivity contribution in [3.05, 3.63) is 62.9 Å². The van der Waals surface area contributed by atoms with Crippen LogP contribution in [0, 0.1) is 24.0 Å². The van der Waals surface area contributed by atoms with Gasteiger partial charge in [-0.25, -0.2) is 9.97 Å². The van der Waals surface area contributed by atoms with Crippen LogP contribution < -0.4 is 20.1 Å². The molecule has 0 amide bonds. The third kappa shape index (κ3) is 4.36. The standard InChI is InChI=1S/C20H20ClN5O4/c1-11-5-6-12(2)14(7-11)24-19-18(26(27)28)20(23-10-22-19)25-15-8-13(21)16(29-3)9-17(15)30-4/h5-10H,1-4H3,(H2,22,23,24,25). The number of rotatable bonds is 7. The fraction of sp³-hybridized carbons (Fsp3) is 0.200. The number of hydrogen-bond donors (Lipinski definition) is 2. The van der Waals surface area contributed by atoms with Crippen LogP contribution in [0.5, 0.6) is 11.5 Å². The maximum Gasteiger partial charge on any atom is 0.353 e. The van der Waals surface area contributed by atoms with E-state index < -0.39 is 4.92 Å². The molecule has 10 heteroatoms. The largest absolute Gasteiger partial charge is 0.495 e. The average Bonchev–Trinajstić information content (AvgIpc) is 2.71. The molecule has 30 heavy (non-hydrogen) atoms. The SMILES string of the molecule is COc1cc(OC)c(Nc2ncnc(Nc3cc(C)ccc3C)c2[N+](=O)[O-])cc1Cl. The third-order valence-electron chi connectivity index (χ3n) is 4.38. The Labute approximate surface area is 178 Å². The molecule has 0 saturated carbocycles. The number of benzene rings is 2. The average molecular weight is 430 g/mol. The van der Waals surface area contributed by atoms with Gasteiger partial charge < -0.3 is 20.1 Å². The summed E-state index contributed by atoms with van der Waals surface area (Å²) in [6.45, 7) is 3.84. The van der Waals surface area contributed by atoms with Gasteiger partial charge in [0.15, 0.2) is 0 Å². The summed E-state index contributed by atoms with van der Waals surface area (Å²) in [5, 5.41) is 18.1.